The van der Waals surface area contributed by atoms with Crippen LogP contribution in [0.2, 0.25) is 0 Å². The van der Waals surface area contributed by atoms with Gasteiger partial charge in [0.2, 0.25) is 5.82 Å². The minimum atomic E-state index is -0.545. The van der Waals surface area contributed by atoms with Crippen molar-refractivity contribution in [2.75, 3.05) is 25.5 Å². The van der Waals surface area contributed by atoms with E-state index in [0.717, 1.165) is 12.8 Å². The lowest BCUT2D eigenvalue weighted by Gasteiger charge is -2.11. The quantitative estimate of drug-likeness (QED) is 0.785. The van der Waals surface area contributed by atoms with Gasteiger partial charge < -0.3 is 25.2 Å². The monoisotopic (exact) mass is 255 g/mol. The van der Waals surface area contributed by atoms with Crippen LogP contribution in [0.1, 0.15) is 24.8 Å². The van der Waals surface area contributed by atoms with Gasteiger partial charge in [-0.05, 0) is 12.8 Å². The van der Waals surface area contributed by atoms with Crippen LogP contribution in [0.5, 0.6) is 0 Å². The van der Waals surface area contributed by atoms with Gasteiger partial charge in [-0.25, -0.2) is 4.79 Å². The topological polar surface area (TPSA) is 107 Å². The van der Waals surface area contributed by atoms with Crippen LogP contribution < -0.4 is 16.0 Å². The first kappa shape index (κ1) is 12.6. The third-order valence-electron chi connectivity index (χ3n) is 2.71. The second-order valence-electron chi connectivity index (χ2n) is 4.40. The number of nitrogens with zero attached hydrogens (tertiary/aromatic N) is 3. The number of carbonyl (C=O) groups is 1. The first-order chi connectivity index (χ1) is 8.56. The maximum Gasteiger partial charge on any atom is 0.323 e. The predicted molar refractivity (Wildman–Crippen MR) is 63.1 cm³/mol. The highest BCUT2D eigenvalue weighted by Crippen LogP contribution is 2.31. The Kier molecular flexibility index (Phi) is 3.66. The molecule has 8 heteroatoms. The normalized spacial score (nSPS) is 23.0. The number of anilines is 1. The van der Waals surface area contributed by atoms with Gasteiger partial charge in [0.1, 0.15) is 6.10 Å². The van der Waals surface area contributed by atoms with Gasteiger partial charge in [-0.1, -0.05) is 5.16 Å². The molecule has 0 aliphatic carbocycles. The number of nitrogens with one attached hydrogen (secondary N) is 1. The van der Waals surface area contributed by atoms with Crippen molar-refractivity contribution < 1.29 is 14.1 Å². The number of hydrogen-bond donors (Lipinski definition) is 2. The zero-order valence-electron chi connectivity index (χ0n) is 10.4. The van der Waals surface area contributed by atoms with Crippen LogP contribution in [0.15, 0.2) is 4.52 Å². The number of primary amides is 1. The molecule has 1 aliphatic heterocycles. The highest BCUT2D eigenvalue weighted by Gasteiger charge is 2.30. The second kappa shape index (κ2) is 5.21. The maximum absolute atomic E-state index is 10.6. The standard InChI is InChI=1S/C10H17N5O3/c1-15(2)10-13-8(14-18-10)7-4-3-6(17-7)5-12-9(11)16/h6-7H,3-5H2,1-2H3,(H3,11,12,16). The van der Waals surface area contributed by atoms with E-state index in [9.17, 15) is 4.79 Å². The number of nitrogens with two attached hydrogens (primary N) is 1. The Balaban J connectivity index is 1.89. The van der Waals surface area contributed by atoms with Crippen molar-refractivity contribution in [2.45, 2.75) is 25.0 Å². The lowest BCUT2D eigenvalue weighted by Crippen LogP contribution is -2.35. The Morgan fingerprint density at radius 3 is 2.94 bits per heavy atom. The Labute approximate surface area is 104 Å². The second-order valence-corrected chi connectivity index (χ2v) is 4.40. The van der Waals surface area contributed by atoms with Crippen LogP contribution in [0.3, 0.4) is 0 Å². The van der Waals surface area contributed by atoms with Crippen molar-refractivity contribution >= 4 is 12.0 Å². The third-order valence-corrected chi connectivity index (χ3v) is 2.71. The fourth-order valence-corrected chi connectivity index (χ4v) is 1.80. The molecule has 0 bridgehead atoms. The molecule has 0 saturated carbocycles. The smallest absolute Gasteiger partial charge is 0.323 e. The summed E-state index contributed by atoms with van der Waals surface area (Å²) in [7, 11) is 3.65. The van der Waals surface area contributed by atoms with Crippen molar-refractivity contribution in [1.82, 2.24) is 15.5 Å². The number of urea groups is 1. The molecule has 0 aromatic carbocycles. The summed E-state index contributed by atoms with van der Waals surface area (Å²) in [6.45, 7) is 0.407. The Bertz CT molecular complexity index is 419. The van der Waals surface area contributed by atoms with Crippen molar-refractivity contribution in [2.24, 2.45) is 5.73 Å². The van der Waals surface area contributed by atoms with E-state index in [1.54, 1.807) is 4.90 Å². The molecule has 2 unspecified atom stereocenters. The highest BCUT2D eigenvalue weighted by molar-refractivity contribution is 5.71. The molecular weight excluding hydrogens is 238 g/mol. The molecule has 2 atom stereocenters. The number of rotatable bonds is 4. The SMILES string of the molecule is CN(C)c1nc(C2CCC(CNC(N)=O)O2)no1. The summed E-state index contributed by atoms with van der Waals surface area (Å²) < 4.78 is 10.8. The van der Waals surface area contributed by atoms with Crippen molar-refractivity contribution in [3.8, 4) is 0 Å². The van der Waals surface area contributed by atoms with Crippen molar-refractivity contribution in [3.05, 3.63) is 5.82 Å². The zero-order chi connectivity index (χ0) is 13.1. The maximum atomic E-state index is 10.6. The molecule has 1 aliphatic rings. The average molecular weight is 255 g/mol. The van der Waals surface area contributed by atoms with E-state index < -0.39 is 6.03 Å². The minimum absolute atomic E-state index is 0.0520. The van der Waals surface area contributed by atoms with E-state index in [2.05, 4.69) is 15.5 Å². The molecule has 0 radical (unpaired) electrons. The summed E-state index contributed by atoms with van der Waals surface area (Å²) in [6, 6.07) is -0.0937. The van der Waals surface area contributed by atoms with Gasteiger partial charge >= 0.3 is 12.0 Å². The first-order valence-corrected chi connectivity index (χ1v) is 5.76. The molecule has 0 spiro atoms. The highest BCUT2D eigenvalue weighted by atomic mass is 16.5. The van der Waals surface area contributed by atoms with Gasteiger partial charge in [0, 0.05) is 20.6 Å². The molecule has 1 saturated heterocycles. The fraction of sp³-hybridized carbons (Fsp3) is 0.700. The van der Waals surface area contributed by atoms with Crippen molar-refractivity contribution in [3.63, 3.8) is 0 Å². The van der Waals surface area contributed by atoms with Crippen LogP contribution >= 0.6 is 0 Å². The van der Waals surface area contributed by atoms with Crippen LogP contribution in [-0.4, -0.2) is 42.9 Å². The summed E-state index contributed by atoms with van der Waals surface area (Å²) in [5, 5.41) is 6.41. The van der Waals surface area contributed by atoms with Crippen LogP contribution in [0.4, 0.5) is 10.8 Å². The molecule has 1 aromatic heterocycles. The molecule has 2 heterocycles. The van der Waals surface area contributed by atoms with Gasteiger partial charge in [0.25, 0.3) is 0 Å². The van der Waals surface area contributed by atoms with Crippen molar-refractivity contribution in [1.29, 1.82) is 0 Å². The Morgan fingerprint density at radius 2 is 2.33 bits per heavy atom. The number of aromatic nitrogens is 2. The predicted octanol–water partition coefficient (Wildman–Crippen LogP) is 0.0240. The van der Waals surface area contributed by atoms with E-state index >= 15 is 0 Å². The van der Waals surface area contributed by atoms with Gasteiger partial charge in [-0.3, -0.25) is 0 Å². The van der Waals surface area contributed by atoms with E-state index in [0.29, 0.717) is 18.4 Å². The average Bonchev–Trinajstić information content (AvgIpc) is 2.95. The summed E-state index contributed by atoms with van der Waals surface area (Å²) in [6.07, 6.45) is 1.40. The molecule has 3 N–H and O–H groups in total. The van der Waals surface area contributed by atoms with E-state index in [1.165, 1.54) is 0 Å². The molecule has 2 rings (SSSR count). The number of ether oxygens (including phenoxy) is 1. The Morgan fingerprint density at radius 1 is 1.56 bits per heavy atom. The number of amides is 2. The van der Waals surface area contributed by atoms with Gasteiger partial charge in [0.15, 0.2) is 0 Å². The van der Waals surface area contributed by atoms with Crippen LogP contribution in [-0.2, 0) is 4.74 Å². The number of carbonyl (C=O) groups excluding carboxylic acids is 1. The summed E-state index contributed by atoms with van der Waals surface area (Å²) >= 11 is 0. The molecule has 8 nitrogen and oxygen atoms in total. The van der Waals surface area contributed by atoms with Gasteiger partial charge in [-0.15, -0.1) is 0 Å². The van der Waals surface area contributed by atoms with E-state index in [-0.39, 0.29) is 12.2 Å². The molecule has 1 aromatic rings. The first-order valence-electron chi connectivity index (χ1n) is 5.76. The lowest BCUT2D eigenvalue weighted by molar-refractivity contribution is 0.0402. The molecular formula is C10H17N5O3. The minimum Gasteiger partial charge on any atom is -0.365 e. The molecule has 100 valence electrons. The number of hydrogen-bond acceptors (Lipinski definition) is 6. The van der Waals surface area contributed by atoms with E-state index in [1.807, 2.05) is 14.1 Å². The largest absolute Gasteiger partial charge is 0.365 e. The lowest BCUT2D eigenvalue weighted by atomic mass is 10.2. The summed E-state index contributed by atoms with van der Waals surface area (Å²) in [5.74, 6) is 0.542. The van der Waals surface area contributed by atoms with Crippen LogP contribution in [0, 0.1) is 0 Å². The molecule has 1 fully saturated rings. The molecule has 18 heavy (non-hydrogen) atoms. The third kappa shape index (κ3) is 2.89. The summed E-state index contributed by atoms with van der Waals surface area (Å²) in [4.78, 5) is 16.6. The van der Waals surface area contributed by atoms with Gasteiger partial charge in [0.05, 0.1) is 6.10 Å². The molecule has 2 amide bonds. The van der Waals surface area contributed by atoms with Crippen LogP contribution in [0.25, 0.3) is 0 Å². The Hall–Kier alpha value is -1.83. The van der Waals surface area contributed by atoms with Gasteiger partial charge in [-0.2, -0.15) is 4.98 Å². The summed E-state index contributed by atoms with van der Waals surface area (Å²) in [5.41, 5.74) is 5.00. The fourth-order valence-electron chi connectivity index (χ4n) is 1.80. The zero-order valence-corrected chi connectivity index (χ0v) is 10.4. The van der Waals surface area contributed by atoms with E-state index in [4.69, 9.17) is 15.0 Å².